The molecule has 0 aliphatic carbocycles. The second-order valence-electron chi connectivity index (χ2n) is 4.88. The summed E-state index contributed by atoms with van der Waals surface area (Å²) in [7, 11) is 3.24. The SMILES string of the molecule is COc1cccc(CNC(C)c2ccc(OC)cc2O)c1. The van der Waals surface area contributed by atoms with Crippen LogP contribution in [0.3, 0.4) is 0 Å². The van der Waals surface area contributed by atoms with E-state index in [1.54, 1.807) is 20.3 Å². The third kappa shape index (κ3) is 3.89. The van der Waals surface area contributed by atoms with Gasteiger partial charge in [-0.25, -0.2) is 0 Å². The van der Waals surface area contributed by atoms with E-state index in [9.17, 15) is 5.11 Å². The molecule has 0 aromatic heterocycles. The van der Waals surface area contributed by atoms with Gasteiger partial charge in [-0.15, -0.1) is 0 Å². The van der Waals surface area contributed by atoms with Gasteiger partial charge in [-0.05, 0) is 30.7 Å². The van der Waals surface area contributed by atoms with Gasteiger partial charge in [-0.2, -0.15) is 0 Å². The third-order valence-electron chi connectivity index (χ3n) is 3.45. The highest BCUT2D eigenvalue weighted by molar-refractivity contribution is 5.41. The number of hydrogen-bond acceptors (Lipinski definition) is 4. The molecule has 0 aliphatic heterocycles. The van der Waals surface area contributed by atoms with Crippen LogP contribution in [-0.4, -0.2) is 19.3 Å². The summed E-state index contributed by atoms with van der Waals surface area (Å²) in [5.41, 5.74) is 1.98. The molecule has 2 aromatic rings. The summed E-state index contributed by atoms with van der Waals surface area (Å²) in [5, 5.41) is 13.4. The highest BCUT2D eigenvalue weighted by Crippen LogP contribution is 2.28. The first-order valence-corrected chi connectivity index (χ1v) is 6.87. The Bertz CT molecular complexity index is 598. The summed E-state index contributed by atoms with van der Waals surface area (Å²) < 4.78 is 10.3. The zero-order valence-corrected chi connectivity index (χ0v) is 12.6. The highest BCUT2D eigenvalue weighted by Gasteiger charge is 2.11. The van der Waals surface area contributed by atoms with Crippen LogP contribution in [0.5, 0.6) is 17.2 Å². The van der Waals surface area contributed by atoms with Crippen molar-refractivity contribution in [2.75, 3.05) is 14.2 Å². The molecule has 1 atom stereocenters. The van der Waals surface area contributed by atoms with Crippen LogP contribution in [0.15, 0.2) is 42.5 Å². The molecular weight excluding hydrogens is 266 g/mol. The number of rotatable bonds is 6. The summed E-state index contributed by atoms with van der Waals surface area (Å²) in [6.07, 6.45) is 0. The molecule has 1 unspecified atom stereocenters. The van der Waals surface area contributed by atoms with E-state index in [1.807, 2.05) is 43.3 Å². The van der Waals surface area contributed by atoms with Crippen LogP contribution < -0.4 is 14.8 Å². The monoisotopic (exact) mass is 287 g/mol. The molecule has 0 heterocycles. The van der Waals surface area contributed by atoms with Gasteiger partial charge in [-0.1, -0.05) is 18.2 Å². The van der Waals surface area contributed by atoms with E-state index in [4.69, 9.17) is 9.47 Å². The molecule has 2 N–H and O–H groups in total. The van der Waals surface area contributed by atoms with Crippen molar-refractivity contribution in [2.24, 2.45) is 0 Å². The Labute approximate surface area is 125 Å². The Kier molecular flexibility index (Phi) is 5.06. The van der Waals surface area contributed by atoms with Gasteiger partial charge in [-0.3, -0.25) is 0 Å². The minimum Gasteiger partial charge on any atom is -0.507 e. The molecule has 0 saturated carbocycles. The van der Waals surface area contributed by atoms with Crippen LogP contribution in [0.2, 0.25) is 0 Å². The van der Waals surface area contributed by atoms with Gasteiger partial charge in [0, 0.05) is 24.2 Å². The quantitative estimate of drug-likeness (QED) is 0.856. The maximum absolute atomic E-state index is 10.0. The molecule has 0 fully saturated rings. The Morgan fingerprint density at radius 3 is 2.43 bits per heavy atom. The first-order valence-electron chi connectivity index (χ1n) is 6.87. The lowest BCUT2D eigenvalue weighted by molar-refractivity contribution is 0.403. The minimum absolute atomic E-state index is 0.0297. The van der Waals surface area contributed by atoms with E-state index < -0.39 is 0 Å². The minimum atomic E-state index is 0.0297. The number of phenols is 1. The molecule has 112 valence electrons. The molecule has 2 rings (SSSR count). The van der Waals surface area contributed by atoms with E-state index >= 15 is 0 Å². The zero-order valence-electron chi connectivity index (χ0n) is 12.6. The number of methoxy groups -OCH3 is 2. The van der Waals surface area contributed by atoms with Gasteiger partial charge in [0.2, 0.25) is 0 Å². The lowest BCUT2D eigenvalue weighted by Crippen LogP contribution is -2.18. The van der Waals surface area contributed by atoms with Crippen molar-refractivity contribution in [1.82, 2.24) is 5.32 Å². The van der Waals surface area contributed by atoms with E-state index in [-0.39, 0.29) is 11.8 Å². The smallest absolute Gasteiger partial charge is 0.124 e. The third-order valence-corrected chi connectivity index (χ3v) is 3.45. The van der Waals surface area contributed by atoms with Gasteiger partial charge in [0.05, 0.1) is 14.2 Å². The van der Waals surface area contributed by atoms with Crippen molar-refractivity contribution in [3.05, 3.63) is 53.6 Å². The van der Waals surface area contributed by atoms with Crippen LogP contribution in [0.1, 0.15) is 24.1 Å². The molecular formula is C17H21NO3. The maximum atomic E-state index is 10.0. The first-order chi connectivity index (χ1) is 10.1. The van der Waals surface area contributed by atoms with Crippen molar-refractivity contribution in [1.29, 1.82) is 0 Å². The van der Waals surface area contributed by atoms with Gasteiger partial charge in [0.1, 0.15) is 17.2 Å². The summed E-state index contributed by atoms with van der Waals surface area (Å²) in [4.78, 5) is 0. The predicted molar refractivity (Wildman–Crippen MR) is 82.9 cm³/mol. The summed E-state index contributed by atoms with van der Waals surface area (Å²) in [6.45, 7) is 2.71. The molecule has 21 heavy (non-hydrogen) atoms. The molecule has 2 aromatic carbocycles. The van der Waals surface area contributed by atoms with Gasteiger partial charge >= 0.3 is 0 Å². The predicted octanol–water partition coefficient (Wildman–Crippen LogP) is 3.26. The number of ether oxygens (including phenoxy) is 2. The van der Waals surface area contributed by atoms with E-state index in [0.717, 1.165) is 16.9 Å². The second kappa shape index (κ2) is 6.99. The summed E-state index contributed by atoms with van der Waals surface area (Å²) in [6, 6.07) is 13.3. The fourth-order valence-corrected chi connectivity index (χ4v) is 2.18. The fraction of sp³-hybridized carbons (Fsp3) is 0.294. The standard InChI is InChI=1S/C17H21NO3/c1-12(16-8-7-15(21-3)10-17(16)19)18-11-13-5-4-6-14(9-13)20-2/h4-10,12,18-19H,11H2,1-3H3. The molecule has 0 amide bonds. The van der Waals surface area contributed by atoms with Crippen molar-refractivity contribution >= 4 is 0 Å². The molecule has 0 spiro atoms. The maximum Gasteiger partial charge on any atom is 0.124 e. The molecule has 0 saturated heterocycles. The van der Waals surface area contributed by atoms with E-state index in [0.29, 0.717) is 12.3 Å². The average molecular weight is 287 g/mol. The summed E-state index contributed by atoms with van der Waals surface area (Å²) >= 11 is 0. The number of benzene rings is 2. The Balaban J connectivity index is 2.02. The number of aromatic hydroxyl groups is 1. The Morgan fingerprint density at radius 2 is 1.76 bits per heavy atom. The molecule has 4 nitrogen and oxygen atoms in total. The van der Waals surface area contributed by atoms with Crippen molar-refractivity contribution in [3.63, 3.8) is 0 Å². The van der Waals surface area contributed by atoms with Crippen LogP contribution in [0, 0.1) is 0 Å². The van der Waals surface area contributed by atoms with E-state index in [2.05, 4.69) is 5.32 Å². The molecule has 0 aliphatic rings. The van der Waals surface area contributed by atoms with Crippen LogP contribution >= 0.6 is 0 Å². The summed E-state index contributed by atoms with van der Waals surface area (Å²) in [5.74, 6) is 1.73. The van der Waals surface area contributed by atoms with E-state index in [1.165, 1.54) is 0 Å². The highest BCUT2D eigenvalue weighted by atomic mass is 16.5. The van der Waals surface area contributed by atoms with Crippen molar-refractivity contribution in [2.45, 2.75) is 19.5 Å². The molecule has 0 radical (unpaired) electrons. The van der Waals surface area contributed by atoms with Gasteiger partial charge in [0.25, 0.3) is 0 Å². The lowest BCUT2D eigenvalue weighted by atomic mass is 10.1. The topological polar surface area (TPSA) is 50.7 Å². The van der Waals surface area contributed by atoms with Crippen molar-refractivity contribution < 1.29 is 14.6 Å². The first kappa shape index (κ1) is 15.2. The normalized spacial score (nSPS) is 12.0. The number of phenolic OH excluding ortho intramolecular Hbond substituents is 1. The number of nitrogens with one attached hydrogen (secondary N) is 1. The molecule has 4 heteroatoms. The Hall–Kier alpha value is -2.20. The van der Waals surface area contributed by atoms with Gasteiger partial charge < -0.3 is 19.9 Å². The lowest BCUT2D eigenvalue weighted by Gasteiger charge is -2.16. The Morgan fingerprint density at radius 1 is 1.05 bits per heavy atom. The van der Waals surface area contributed by atoms with Crippen LogP contribution in [0.25, 0.3) is 0 Å². The van der Waals surface area contributed by atoms with Crippen LogP contribution in [0.4, 0.5) is 0 Å². The van der Waals surface area contributed by atoms with Crippen molar-refractivity contribution in [3.8, 4) is 17.2 Å². The zero-order chi connectivity index (χ0) is 15.2. The number of hydrogen-bond donors (Lipinski definition) is 2. The second-order valence-corrected chi connectivity index (χ2v) is 4.88. The largest absolute Gasteiger partial charge is 0.507 e. The fourth-order valence-electron chi connectivity index (χ4n) is 2.18. The van der Waals surface area contributed by atoms with Gasteiger partial charge in [0.15, 0.2) is 0 Å². The van der Waals surface area contributed by atoms with Crippen LogP contribution in [-0.2, 0) is 6.54 Å². The molecule has 0 bridgehead atoms. The average Bonchev–Trinajstić information content (AvgIpc) is 2.52.